The number of nitrogens with one attached hydrogen (secondary N) is 2. The van der Waals surface area contributed by atoms with E-state index < -0.39 is 17.5 Å². The quantitative estimate of drug-likeness (QED) is 0.321. The van der Waals surface area contributed by atoms with Crippen LogP contribution in [0.25, 0.3) is 6.08 Å². The zero-order valence-electron chi connectivity index (χ0n) is 17.5. The Morgan fingerprint density at radius 1 is 1.43 bits per heavy atom. The van der Waals surface area contributed by atoms with Crippen LogP contribution < -0.4 is 27.1 Å². The van der Waals surface area contributed by atoms with Gasteiger partial charge in [-0.1, -0.05) is 18.2 Å². The number of aromatic nitrogens is 1. The molecular formula is C22H29N4O4+. The fourth-order valence-electron chi connectivity index (χ4n) is 3.06. The minimum absolute atomic E-state index is 0.213. The van der Waals surface area contributed by atoms with Crippen LogP contribution in [-0.4, -0.2) is 35.8 Å². The summed E-state index contributed by atoms with van der Waals surface area (Å²) in [5.41, 5.74) is 11.8. The van der Waals surface area contributed by atoms with Gasteiger partial charge in [-0.25, -0.2) is 0 Å². The highest BCUT2D eigenvalue weighted by atomic mass is 16.5. The maximum Gasteiger partial charge on any atom is 0.255 e. The van der Waals surface area contributed by atoms with Gasteiger partial charge in [0.15, 0.2) is 0 Å². The molecule has 0 aliphatic heterocycles. The SMILES string of the molecule is C=C(C)C(CO)NC(=O)c1ccc(N)c(C(C)([NH3+])/C=C/c2cccc(=O)[nH]2)c1OC. The molecule has 0 spiro atoms. The number of rotatable bonds is 8. The third-order valence-electron chi connectivity index (χ3n) is 4.71. The van der Waals surface area contributed by atoms with Gasteiger partial charge in [0, 0.05) is 17.4 Å². The molecule has 0 saturated carbocycles. The summed E-state index contributed by atoms with van der Waals surface area (Å²) in [5.74, 6) is -0.142. The Hall–Kier alpha value is -3.36. The molecule has 2 unspecified atom stereocenters. The summed E-state index contributed by atoms with van der Waals surface area (Å²) in [5, 5.41) is 12.2. The minimum Gasteiger partial charge on any atom is -0.495 e. The van der Waals surface area contributed by atoms with E-state index in [4.69, 9.17) is 10.5 Å². The van der Waals surface area contributed by atoms with E-state index in [2.05, 4.69) is 22.6 Å². The number of anilines is 1. The molecule has 0 fully saturated rings. The molecule has 0 aliphatic rings. The van der Waals surface area contributed by atoms with Crippen molar-refractivity contribution >= 4 is 17.7 Å². The van der Waals surface area contributed by atoms with Crippen molar-refractivity contribution < 1.29 is 20.4 Å². The predicted octanol–water partition coefficient (Wildman–Crippen LogP) is 0.803. The van der Waals surface area contributed by atoms with Crippen LogP contribution in [0.5, 0.6) is 5.75 Å². The van der Waals surface area contributed by atoms with Crippen LogP contribution in [0.2, 0.25) is 0 Å². The van der Waals surface area contributed by atoms with Crippen LogP contribution in [0, 0.1) is 0 Å². The molecule has 2 aromatic rings. The molecule has 0 saturated heterocycles. The first kappa shape index (κ1) is 22.9. The highest BCUT2D eigenvalue weighted by Crippen LogP contribution is 2.36. The van der Waals surface area contributed by atoms with Crippen LogP contribution in [0.1, 0.15) is 35.5 Å². The maximum atomic E-state index is 12.8. The third kappa shape index (κ3) is 5.16. The summed E-state index contributed by atoms with van der Waals surface area (Å²) in [6, 6.07) is 7.43. The molecule has 8 nitrogen and oxygen atoms in total. The number of ether oxygens (including phenoxy) is 1. The second-order valence-electron chi connectivity index (χ2n) is 7.39. The lowest BCUT2D eigenvalue weighted by atomic mass is 9.88. The van der Waals surface area contributed by atoms with E-state index in [1.54, 1.807) is 43.3 Å². The number of carbonyl (C=O) groups is 1. The summed E-state index contributed by atoms with van der Waals surface area (Å²) in [4.78, 5) is 27.1. The highest BCUT2D eigenvalue weighted by molar-refractivity contribution is 5.98. The first-order valence-corrected chi connectivity index (χ1v) is 9.38. The number of H-pyrrole nitrogens is 1. The number of nitrogens with two attached hydrogens (primary N) is 1. The van der Waals surface area contributed by atoms with Crippen molar-refractivity contribution in [1.29, 1.82) is 0 Å². The molecule has 1 heterocycles. The number of amides is 1. The van der Waals surface area contributed by atoms with Gasteiger partial charge in [-0.3, -0.25) is 9.59 Å². The number of hydrogen-bond donors (Lipinski definition) is 5. The van der Waals surface area contributed by atoms with Crippen molar-refractivity contribution in [3.05, 3.63) is 75.7 Å². The normalized spacial score (nSPS) is 14.2. The lowest BCUT2D eigenvalue weighted by molar-refractivity contribution is -0.461. The van der Waals surface area contributed by atoms with E-state index in [1.807, 2.05) is 6.92 Å². The second-order valence-corrected chi connectivity index (χ2v) is 7.39. The number of carbonyl (C=O) groups excluding carboxylic acids is 1. The summed E-state index contributed by atoms with van der Waals surface area (Å²) in [7, 11) is 1.45. The van der Waals surface area contributed by atoms with Crippen molar-refractivity contribution in [3.8, 4) is 5.75 Å². The number of aliphatic hydroxyl groups is 1. The molecule has 8 N–H and O–H groups in total. The molecular weight excluding hydrogens is 384 g/mol. The van der Waals surface area contributed by atoms with E-state index in [9.17, 15) is 14.7 Å². The Bertz CT molecular complexity index is 1020. The van der Waals surface area contributed by atoms with Crippen molar-refractivity contribution in [2.45, 2.75) is 25.4 Å². The number of hydrogen-bond acceptors (Lipinski definition) is 5. The number of pyridine rings is 1. The lowest BCUT2D eigenvalue weighted by Crippen LogP contribution is -2.67. The average Bonchev–Trinajstić information content (AvgIpc) is 2.69. The summed E-state index contributed by atoms with van der Waals surface area (Å²) < 4.78 is 5.55. The van der Waals surface area contributed by atoms with Gasteiger partial charge in [0.05, 0.1) is 30.9 Å². The number of aromatic amines is 1. The predicted molar refractivity (Wildman–Crippen MR) is 117 cm³/mol. The van der Waals surface area contributed by atoms with Crippen LogP contribution in [0.3, 0.4) is 0 Å². The molecule has 30 heavy (non-hydrogen) atoms. The van der Waals surface area contributed by atoms with Crippen molar-refractivity contribution in [3.63, 3.8) is 0 Å². The fourth-order valence-corrected chi connectivity index (χ4v) is 3.06. The van der Waals surface area contributed by atoms with E-state index in [0.29, 0.717) is 22.5 Å². The summed E-state index contributed by atoms with van der Waals surface area (Å²) in [6.07, 6.45) is 3.50. The Morgan fingerprint density at radius 2 is 2.13 bits per heavy atom. The van der Waals surface area contributed by atoms with Gasteiger partial charge in [-0.05, 0) is 44.2 Å². The van der Waals surface area contributed by atoms with Gasteiger partial charge in [0.25, 0.3) is 5.91 Å². The fraction of sp³-hybridized carbons (Fsp3) is 0.273. The standard InChI is InChI=1S/C22H28N4O4/c1-13(2)17(12-27)26-21(29)15-8-9-16(23)19(20(15)30-4)22(3,24)11-10-14-6-5-7-18(28)25-14/h5-11,17,27H,1,12,23-24H2,2-4H3,(H,25,28)(H,26,29)/p+1/b11-10+. The molecule has 8 heteroatoms. The molecule has 2 rings (SSSR count). The van der Waals surface area contributed by atoms with Crippen LogP contribution in [0.15, 0.2) is 53.4 Å². The van der Waals surface area contributed by atoms with Gasteiger partial charge >= 0.3 is 0 Å². The first-order chi connectivity index (χ1) is 14.1. The molecule has 1 aromatic heterocycles. The van der Waals surface area contributed by atoms with Crippen molar-refractivity contribution in [2.24, 2.45) is 0 Å². The Balaban J connectivity index is 2.48. The topological polar surface area (TPSA) is 145 Å². The molecule has 1 aromatic carbocycles. The number of benzene rings is 1. The molecule has 0 bridgehead atoms. The zero-order chi connectivity index (χ0) is 22.5. The van der Waals surface area contributed by atoms with Gasteiger partial charge in [0.1, 0.15) is 11.3 Å². The van der Waals surface area contributed by atoms with Gasteiger partial charge < -0.3 is 31.6 Å². The average molecular weight is 413 g/mol. The van der Waals surface area contributed by atoms with Gasteiger partial charge in [0.2, 0.25) is 5.56 Å². The second kappa shape index (κ2) is 9.43. The smallest absolute Gasteiger partial charge is 0.255 e. The van der Waals surface area contributed by atoms with Crippen molar-refractivity contribution in [1.82, 2.24) is 10.3 Å². The van der Waals surface area contributed by atoms with Gasteiger partial charge in [-0.2, -0.15) is 0 Å². The Kier molecular flexibility index (Phi) is 7.20. The number of methoxy groups -OCH3 is 1. The molecule has 0 aliphatic carbocycles. The molecule has 160 valence electrons. The van der Waals surface area contributed by atoms with Crippen LogP contribution >= 0.6 is 0 Å². The molecule has 0 radical (unpaired) electrons. The molecule has 2 atom stereocenters. The van der Waals surface area contributed by atoms with Crippen LogP contribution in [0.4, 0.5) is 5.69 Å². The first-order valence-electron chi connectivity index (χ1n) is 9.38. The summed E-state index contributed by atoms with van der Waals surface area (Å²) in [6.45, 7) is 7.05. The van der Waals surface area contributed by atoms with E-state index >= 15 is 0 Å². The highest BCUT2D eigenvalue weighted by Gasteiger charge is 2.32. The van der Waals surface area contributed by atoms with Crippen LogP contribution in [-0.2, 0) is 5.54 Å². The Labute approximate surface area is 175 Å². The Morgan fingerprint density at radius 3 is 2.70 bits per heavy atom. The number of nitrogen functional groups attached to an aromatic ring is 1. The monoisotopic (exact) mass is 413 g/mol. The number of quaternary nitrogens is 1. The third-order valence-corrected chi connectivity index (χ3v) is 4.71. The molecule has 1 amide bonds. The zero-order valence-corrected chi connectivity index (χ0v) is 17.5. The maximum absolute atomic E-state index is 12.8. The largest absolute Gasteiger partial charge is 0.495 e. The lowest BCUT2D eigenvalue weighted by Gasteiger charge is -2.24. The van der Waals surface area contributed by atoms with Gasteiger partial charge in [-0.15, -0.1) is 0 Å². The van der Waals surface area contributed by atoms with E-state index in [1.165, 1.54) is 13.2 Å². The summed E-state index contributed by atoms with van der Waals surface area (Å²) >= 11 is 0. The van der Waals surface area contributed by atoms with Crippen molar-refractivity contribution in [2.75, 3.05) is 19.5 Å². The van der Waals surface area contributed by atoms with E-state index in [-0.39, 0.29) is 23.5 Å². The minimum atomic E-state index is -0.872. The van der Waals surface area contributed by atoms with E-state index in [0.717, 1.165) is 0 Å². The number of aliphatic hydroxyl groups excluding tert-OH is 1.